The zero-order chi connectivity index (χ0) is 14.7. The Balaban J connectivity index is 1.78. The first-order valence-corrected chi connectivity index (χ1v) is 7.04. The summed E-state index contributed by atoms with van der Waals surface area (Å²) in [6.45, 7) is 0.668. The lowest BCUT2D eigenvalue weighted by Gasteiger charge is -2.14. The van der Waals surface area contributed by atoms with Crippen molar-refractivity contribution in [3.05, 3.63) is 36.2 Å². The van der Waals surface area contributed by atoms with E-state index >= 15 is 0 Å². The summed E-state index contributed by atoms with van der Waals surface area (Å²) in [5, 5.41) is 5.53. The SMILES string of the molecule is O=C(NC1CCCCNC1=O)c1cnc2ccccc2n1. The van der Waals surface area contributed by atoms with Gasteiger partial charge in [0.15, 0.2) is 0 Å². The maximum absolute atomic E-state index is 12.2. The molecule has 2 amide bonds. The number of nitrogens with one attached hydrogen (secondary N) is 2. The number of hydrogen-bond acceptors (Lipinski definition) is 4. The lowest BCUT2D eigenvalue weighted by molar-refractivity contribution is -0.122. The van der Waals surface area contributed by atoms with Crippen LogP contribution < -0.4 is 10.6 Å². The molecule has 0 spiro atoms. The van der Waals surface area contributed by atoms with Gasteiger partial charge in [-0.2, -0.15) is 0 Å². The Morgan fingerprint density at radius 3 is 2.90 bits per heavy atom. The molecule has 1 saturated heterocycles. The largest absolute Gasteiger partial charge is 0.354 e. The van der Waals surface area contributed by atoms with Crippen molar-refractivity contribution in [3.63, 3.8) is 0 Å². The van der Waals surface area contributed by atoms with Gasteiger partial charge in [0, 0.05) is 6.54 Å². The summed E-state index contributed by atoms with van der Waals surface area (Å²) in [5.74, 6) is -0.495. The van der Waals surface area contributed by atoms with E-state index in [4.69, 9.17) is 0 Å². The molecule has 6 nitrogen and oxygen atoms in total. The Hall–Kier alpha value is -2.50. The molecule has 6 heteroatoms. The fraction of sp³-hybridized carbons (Fsp3) is 0.333. The highest BCUT2D eigenvalue weighted by molar-refractivity contribution is 5.97. The quantitative estimate of drug-likeness (QED) is 0.862. The molecule has 1 aromatic carbocycles. The zero-order valence-electron chi connectivity index (χ0n) is 11.5. The number of amides is 2. The normalized spacial score (nSPS) is 18.9. The van der Waals surface area contributed by atoms with Gasteiger partial charge in [0.25, 0.3) is 5.91 Å². The van der Waals surface area contributed by atoms with Crippen LogP contribution in [0.4, 0.5) is 0 Å². The van der Waals surface area contributed by atoms with Crippen molar-refractivity contribution in [2.45, 2.75) is 25.3 Å². The van der Waals surface area contributed by atoms with Crippen LogP contribution in [-0.4, -0.2) is 34.4 Å². The summed E-state index contributed by atoms with van der Waals surface area (Å²) in [5.41, 5.74) is 1.63. The van der Waals surface area contributed by atoms with Crippen molar-refractivity contribution >= 4 is 22.8 Å². The van der Waals surface area contributed by atoms with Gasteiger partial charge in [-0.1, -0.05) is 12.1 Å². The number of rotatable bonds is 2. The van der Waals surface area contributed by atoms with E-state index < -0.39 is 6.04 Å². The van der Waals surface area contributed by atoms with Gasteiger partial charge in [-0.3, -0.25) is 14.6 Å². The fourth-order valence-corrected chi connectivity index (χ4v) is 2.38. The van der Waals surface area contributed by atoms with Crippen LogP contribution in [0.3, 0.4) is 0 Å². The highest BCUT2D eigenvalue weighted by atomic mass is 16.2. The number of para-hydroxylation sites is 2. The summed E-state index contributed by atoms with van der Waals surface area (Å²) in [7, 11) is 0. The number of carbonyl (C=O) groups is 2. The number of fused-ring (bicyclic) bond motifs is 1. The highest BCUT2D eigenvalue weighted by Crippen LogP contribution is 2.10. The van der Waals surface area contributed by atoms with Crippen molar-refractivity contribution in [1.82, 2.24) is 20.6 Å². The van der Waals surface area contributed by atoms with Gasteiger partial charge in [-0.05, 0) is 31.4 Å². The summed E-state index contributed by atoms with van der Waals surface area (Å²) in [6, 6.07) is 6.86. The van der Waals surface area contributed by atoms with Crippen LogP contribution in [0.5, 0.6) is 0 Å². The van der Waals surface area contributed by atoms with Crippen LogP contribution in [0.1, 0.15) is 29.8 Å². The van der Waals surface area contributed by atoms with Crippen LogP contribution in [0.15, 0.2) is 30.5 Å². The lowest BCUT2D eigenvalue weighted by atomic mass is 10.1. The Morgan fingerprint density at radius 1 is 1.24 bits per heavy atom. The topological polar surface area (TPSA) is 84.0 Å². The third-order valence-corrected chi connectivity index (χ3v) is 3.52. The van der Waals surface area contributed by atoms with E-state index in [2.05, 4.69) is 20.6 Å². The molecule has 21 heavy (non-hydrogen) atoms. The third-order valence-electron chi connectivity index (χ3n) is 3.52. The number of hydrogen-bond donors (Lipinski definition) is 2. The molecule has 0 aliphatic carbocycles. The molecule has 2 N–H and O–H groups in total. The first-order valence-electron chi connectivity index (χ1n) is 7.04. The molecular formula is C15H16N4O2. The minimum Gasteiger partial charge on any atom is -0.354 e. The molecule has 3 rings (SSSR count). The van der Waals surface area contributed by atoms with Crippen molar-refractivity contribution in [2.24, 2.45) is 0 Å². The molecule has 1 unspecified atom stereocenters. The third kappa shape index (κ3) is 2.99. The van der Waals surface area contributed by atoms with Gasteiger partial charge in [0.05, 0.1) is 17.2 Å². The Morgan fingerprint density at radius 2 is 2.05 bits per heavy atom. The van der Waals surface area contributed by atoms with Crippen LogP contribution in [0, 0.1) is 0 Å². The second-order valence-corrected chi connectivity index (χ2v) is 5.06. The van der Waals surface area contributed by atoms with Gasteiger partial charge < -0.3 is 10.6 Å². The molecule has 2 heterocycles. The molecule has 108 valence electrons. The van der Waals surface area contributed by atoms with Crippen molar-refractivity contribution in [2.75, 3.05) is 6.54 Å². The second-order valence-electron chi connectivity index (χ2n) is 5.06. The molecule has 0 bridgehead atoms. The summed E-state index contributed by atoms with van der Waals surface area (Å²) < 4.78 is 0. The number of aromatic nitrogens is 2. The Kier molecular flexibility index (Phi) is 3.77. The summed E-state index contributed by atoms with van der Waals surface area (Å²) in [6.07, 6.45) is 3.94. The zero-order valence-corrected chi connectivity index (χ0v) is 11.5. The minimum absolute atomic E-state index is 0.130. The van der Waals surface area contributed by atoms with Gasteiger partial charge in [-0.15, -0.1) is 0 Å². The van der Waals surface area contributed by atoms with E-state index in [1.165, 1.54) is 6.20 Å². The Bertz CT molecular complexity index is 686. The predicted molar refractivity (Wildman–Crippen MR) is 77.7 cm³/mol. The maximum atomic E-state index is 12.2. The van der Waals surface area contributed by atoms with E-state index in [1.54, 1.807) is 6.07 Å². The average Bonchev–Trinajstić information content (AvgIpc) is 2.72. The number of benzene rings is 1. The van der Waals surface area contributed by atoms with E-state index in [0.717, 1.165) is 18.4 Å². The molecule has 1 aromatic heterocycles. The summed E-state index contributed by atoms with van der Waals surface area (Å²) in [4.78, 5) is 32.5. The van der Waals surface area contributed by atoms with Crippen LogP contribution >= 0.6 is 0 Å². The van der Waals surface area contributed by atoms with E-state index in [9.17, 15) is 9.59 Å². The predicted octanol–water partition coefficient (Wildman–Crippen LogP) is 1.03. The van der Waals surface area contributed by atoms with Crippen LogP contribution in [-0.2, 0) is 4.79 Å². The molecule has 1 aliphatic heterocycles. The van der Waals surface area contributed by atoms with E-state index in [1.807, 2.05) is 18.2 Å². The van der Waals surface area contributed by atoms with E-state index in [-0.39, 0.29) is 17.5 Å². The minimum atomic E-state index is -0.492. The van der Waals surface area contributed by atoms with Crippen molar-refractivity contribution in [3.8, 4) is 0 Å². The van der Waals surface area contributed by atoms with Crippen molar-refractivity contribution < 1.29 is 9.59 Å². The average molecular weight is 284 g/mol. The molecule has 1 atom stereocenters. The molecule has 2 aromatic rings. The van der Waals surface area contributed by atoms with Gasteiger partial charge in [0.1, 0.15) is 11.7 Å². The van der Waals surface area contributed by atoms with Crippen molar-refractivity contribution in [1.29, 1.82) is 0 Å². The maximum Gasteiger partial charge on any atom is 0.272 e. The smallest absolute Gasteiger partial charge is 0.272 e. The van der Waals surface area contributed by atoms with Gasteiger partial charge in [-0.25, -0.2) is 4.98 Å². The summed E-state index contributed by atoms with van der Waals surface area (Å²) >= 11 is 0. The molecule has 1 aliphatic rings. The Labute approximate surface area is 122 Å². The number of nitrogens with zero attached hydrogens (tertiary/aromatic N) is 2. The van der Waals surface area contributed by atoms with Gasteiger partial charge >= 0.3 is 0 Å². The van der Waals surface area contributed by atoms with Gasteiger partial charge in [0.2, 0.25) is 5.91 Å². The fourth-order valence-electron chi connectivity index (χ4n) is 2.38. The molecule has 0 saturated carbocycles. The second kappa shape index (κ2) is 5.87. The highest BCUT2D eigenvalue weighted by Gasteiger charge is 2.23. The monoisotopic (exact) mass is 284 g/mol. The first-order chi connectivity index (χ1) is 10.2. The van der Waals surface area contributed by atoms with E-state index in [0.29, 0.717) is 18.5 Å². The molecular weight excluding hydrogens is 268 g/mol. The first kappa shape index (κ1) is 13.5. The number of carbonyl (C=O) groups excluding carboxylic acids is 2. The molecule has 1 fully saturated rings. The van der Waals surface area contributed by atoms with Crippen LogP contribution in [0.25, 0.3) is 11.0 Å². The van der Waals surface area contributed by atoms with Crippen LogP contribution in [0.2, 0.25) is 0 Å². The standard InChI is InChI=1S/C15H16N4O2/c20-14-12(7-3-4-8-16-14)19-15(21)13-9-17-10-5-1-2-6-11(10)18-13/h1-2,5-6,9,12H,3-4,7-8H2,(H,16,20)(H,19,21). The molecule has 0 radical (unpaired) electrons. The lowest BCUT2D eigenvalue weighted by Crippen LogP contribution is -2.45.